The summed E-state index contributed by atoms with van der Waals surface area (Å²) in [5, 5.41) is 14.0. The largest absolute Gasteiger partial charge is 0.379 e. The number of nitrogens with one attached hydrogen (secondary N) is 1. The average Bonchev–Trinajstić information content (AvgIpc) is 2.78. The Labute approximate surface area is 111 Å². The Hall–Kier alpha value is -1.66. The minimum Gasteiger partial charge on any atom is -0.379 e. The molecule has 0 bridgehead atoms. The maximum absolute atomic E-state index is 11.0. The second-order valence-electron chi connectivity index (χ2n) is 4.79. The molecular formula is C13H18N2O4. The fraction of sp³-hybridized carbons (Fsp3) is 0.538. The highest BCUT2D eigenvalue weighted by molar-refractivity contribution is 5.62. The van der Waals surface area contributed by atoms with E-state index >= 15 is 0 Å². The Morgan fingerprint density at radius 3 is 2.74 bits per heavy atom. The van der Waals surface area contributed by atoms with Gasteiger partial charge >= 0.3 is 0 Å². The van der Waals surface area contributed by atoms with E-state index in [0.717, 1.165) is 5.56 Å². The zero-order valence-electron chi connectivity index (χ0n) is 11.1. The lowest BCUT2D eigenvalue weighted by atomic mass is 10.1. The van der Waals surface area contributed by atoms with E-state index in [-0.39, 0.29) is 10.6 Å². The zero-order chi connectivity index (χ0) is 13.9. The number of rotatable bonds is 5. The molecule has 0 aromatic heterocycles. The Balaban J connectivity index is 1.97. The number of nitro groups is 1. The van der Waals surface area contributed by atoms with Crippen LogP contribution in [0, 0.1) is 17.0 Å². The first-order valence-electron chi connectivity index (χ1n) is 6.27. The van der Waals surface area contributed by atoms with Crippen molar-refractivity contribution in [3.05, 3.63) is 33.9 Å². The van der Waals surface area contributed by atoms with Crippen molar-refractivity contribution in [2.45, 2.75) is 26.1 Å². The van der Waals surface area contributed by atoms with Crippen molar-refractivity contribution in [3.8, 4) is 0 Å². The average molecular weight is 266 g/mol. The van der Waals surface area contributed by atoms with Crippen molar-refractivity contribution in [1.82, 2.24) is 0 Å². The van der Waals surface area contributed by atoms with Gasteiger partial charge in [0.25, 0.3) is 5.69 Å². The first-order chi connectivity index (χ1) is 9.00. The van der Waals surface area contributed by atoms with Crippen LogP contribution in [0.15, 0.2) is 18.2 Å². The number of nitrogens with zero attached hydrogens (tertiary/aromatic N) is 1. The highest BCUT2D eigenvalue weighted by Gasteiger charge is 2.30. The molecule has 1 N–H and O–H groups in total. The molecule has 6 nitrogen and oxygen atoms in total. The Bertz CT molecular complexity index is 470. The third kappa shape index (κ3) is 3.42. The second-order valence-corrected chi connectivity index (χ2v) is 4.79. The zero-order valence-corrected chi connectivity index (χ0v) is 11.1. The van der Waals surface area contributed by atoms with Crippen molar-refractivity contribution < 1.29 is 14.4 Å². The van der Waals surface area contributed by atoms with Crippen molar-refractivity contribution in [1.29, 1.82) is 0 Å². The van der Waals surface area contributed by atoms with Crippen LogP contribution in [0.25, 0.3) is 0 Å². The number of ether oxygens (including phenoxy) is 2. The Morgan fingerprint density at radius 2 is 2.11 bits per heavy atom. The molecule has 0 spiro atoms. The van der Waals surface area contributed by atoms with E-state index in [1.807, 2.05) is 19.9 Å². The summed E-state index contributed by atoms with van der Waals surface area (Å²) in [7, 11) is 0. The van der Waals surface area contributed by atoms with Gasteiger partial charge in [0.05, 0.1) is 18.1 Å². The smallest absolute Gasteiger partial charge is 0.292 e. The SMILES string of the molecule is Cc1ccc(NCCC2(C)OCCO2)c([N+](=O)[O-])c1. The highest BCUT2D eigenvalue weighted by atomic mass is 16.7. The molecule has 0 unspecified atom stereocenters. The molecule has 19 heavy (non-hydrogen) atoms. The van der Waals surface area contributed by atoms with Gasteiger partial charge in [-0.2, -0.15) is 0 Å². The summed E-state index contributed by atoms with van der Waals surface area (Å²) in [6.07, 6.45) is 0.637. The lowest BCUT2D eigenvalue weighted by Gasteiger charge is -2.22. The van der Waals surface area contributed by atoms with E-state index in [1.165, 1.54) is 0 Å². The number of nitro benzene ring substituents is 1. The van der Waals surface area contributed by atoms with Crippen LogP contribution in [0.4, 0.5) is 11.4 Å². The lowest BCUT2D eigenvalue weighted by molar-refractivity contribution is -0.384. The molecule has 0 radical (unpaired) electrons. The van der Waals surface area contributed by atoms with Gasteiger partial charge in [0.1, 0.15) is 5.69 Å². The third-order valence-electron chi connectivity index (χ3n) is 3.14. The van der Waals surface area contributed by atoms with E-state index in [9.17, 15) is 10.1 Å². The molecule has 0 aliphatic carbocycles. The van der Waals surface area contributed by atoms with Crippen LogP contribution in [0.5, 0.6) is 0 Å². The molecule has 1 aromatic rings. The molecule has 1 aliphatic rings. The molecule has 1 aromatic carbocycles. The van der Waals surface area contributed by atoms with Crippen LogP contribution in [0.3, 0.4) is 0 Å². The van der Waals surface area contributed by atoms with E-state index in [4.69, 9.17) is 9.47 Å². The van der Waals surface area contributed by atoms with Gasteiger partial charge in [-0.15, -0.1) is 0 Å². The normalized spacial score (nSPS) is 17.4. The van der Waals surface area contributed by atoms with Crippen LogP contribution in [-0.4, -0.2) is 30.5 Å². The summed E-state index contributed by atoms with van der Waals surface area (Å²) in [4.78, 5) is 10.6. The standard InChI is InChI=1S/C13H18N2O4/c1-10-3-4-11(12(9-10)15(16)17)14-6-5-13(2)18-7-8-19-13/h3-4,9,14H,5-8H2,1-2H3. The molecule has 0 amide bonds. The number of anilines is 1. The fourth-order valence-corrected chi connectivity index (χ4v) is 2.07. The summed E-state index contributed by atoms with van der Waals surface area (Å²) in [6, 6.07) is 5.14. The molecule has 6 heteroatoms. The Morgan fingerprint density at radius 1 is 1.42 bits per heavy atom. The summed E-state index contributed by atoms with van der Waals surface area (Å²) in [5.41, 5.74) is 1.49. The lowest BCUT2D eigenvalue weighted by Crippen LogP contribution is -2.28. The van der Waals surface area contributed by atoms with Crippen LogP contribution < -0.4 is 5.32 Å². The van der Waals surface area contributed by atoms with E-state index in [2.05, 4.69) is 5.32 Å². The van der Waals surface area contributed by atoms with Gasteiger partial charge in [-0.3, -0.25) is 10.1 Å². The number of aryl methyl sites for hydroxylation is 1. The summed E-state index contributed by atoms with van der Waals surface area (Å²) in [5.74, 6) is -0.577. The number of hydrogen-bond donors (Lipinski definition) is 1. The van der Waals surface area contributed by atoms with Crippen molar-refractivity contribution in [2.24, 2.45) is 0 Å². The molecule has 2 rings (SSSR count). The molecule has 1 saturated heterocycles. The second kappa shape index (κ2) is 5.54. The van der Waals surface area contributed by atoms with Crippen LogP contribution in [0.2, 0.25) is 0 Å². The number of benzene rings is 1. The Kier molecular flexibility index (Phi) is 4.01. The van der Waals surface area contributed by atoms with Gasteiger partial charge in [-0.05, 0) is 25.5 Å². The summed E-state index contributed by atoms with van der Waals surface area (Å²) >= 11 is 0. The van der Waals surface area contributed by atoms with E-state index in [0.29, 0.717) is 31.9 Å². The maximum atomic E-state index is 11.0. The minimum absolute atomic E-state index is 0.0958. The maximum Gasteiger partial charge on any atom is 0.292 e. The van der Waals surface area contributed by atoms with Gasteiger partial charge in [-0.1, -0.05) is 6.07 Å². The minimum atomic E-state index is -0.577. The van der Waals surface area contributed by atoms with Crippen LogP contribution >= 0.6 is 0 Å². The molecule has 1 fully saturated rings. The predicted molar refractivity (Wildman–Crippen MR) is 71.2 cm³/mol. The van der Waals surface area contributed by atoms with E-state index in [1.54, 1.807) is 12.1 Å². The van der Waals surface area contributed by atoms with Gasteiger partial charge in [0.2, 0.25) is 0 Å². The van der Waals surface area contributed by atoms with Gasteiger partial charge in [-0.25, -0.2) is 0 Å². The van der Waals surface area contributed by atoms with Crippen molar-refractivity contribution >= 4 is 11.4 Å². The molecule has 0 saturated carbocycles. The van der Waals surface area contributed by atoms with Gasteiger partial charge < -0.3 is 14.8 Å². The topological polar surface area (TPSA) is 73.6 Å². The number of hydrogen-bond acceptors (Lipinski definition) is 5. The summed E-state index contributed by atoms with van der Waals surface area (Å²) in [6.45, 7) is 5.46. The van der Waals surface area contributed by atoms with Gasteiger partial charge in [0.15, 0.2) is 5.79 Å². The fourth-order valence-electron chi connectivity index (χ4n) is 2.07. The van der Waals surface area contributed by atoms with Crippen LogP contribution in [-0.2, 0) is 9.47 Å². The molecule has 1 aliphatic heterocycles. The van der Waals surface area contributed by atoms with Crippen molar-refractivity contribution in [2.75, 3.05) is 25.1 Å². The highest BCUT2D eigenvalue weighted by Crippen LogP contribution is 2.27. The van der Waals surface area contributed by atoms with Crippen LogP contribution in [0.1, 0.15) is 18.9 Å². The first kappa shape index (κ1) is 13.8. The molecular weight excluding hydrogens is 248 g/mol. The quantitative estimate of drug-likeness (QED) is 0.654. The van der Waals surface area contributed by atoms with Crippen molar-refractivity contribution in [3.63, 3.8) is 0 Å². The summed E-state index contributed by atoms with van der Waals surface area (Å²) < 4.78 is 11.0. The monoisotopic (exact) mass is 266 g/mol. The van der Waals surface area contributed by atoms with Gasteiger partial charge in [0, 0.05) is 19.0 Å². The molecule has 104 valence electrons. The molecule has 1 heterocycles. The van der Waals surface area contributed by atoms with E-state index < -0.39 is 5.79 Å². The molecule has 0 atom stereocenters. The third-order valence-corrected chi connectivity index (χ3v) is 3.14. The first-order valence-corrected chi connectivity index (χ1v) is 6.27. The predicted octanol–water partition coefficient (Wildman–Crippen LogP) is 2.47.